The summed E-state index contributed by atoms with van der Waals surface area (Å²) in [4.78, 5) is 12.3. The van der Waals surface area contributed by atoms with Crippen molar-refractivity contribution < 1.29 is 4.79 Å². The van der Waals surface area contributed by atoms with E-state index < -0.39 is 0 Å². The fraction of sp³-hybridized carbons (Fsp3) is 0.421. The molecule has 1 aliphatic carbocycles. The van der Waals surface area contributed by atoms with Gasteiger partial charge in [-0.25, -0.2) is 0 Å². The second-order valence-electron chi connectivity index (χ2n) is 6.39. The number of nitrogens with one attached hydrogen (secondary N) is 1. The monoisotopic (exact) mass is 434 g/mol. The van der Waals surface area contributed by atoms with Crippen LogP contribution in [0.15, 0.2) is 46.5 Å². The average molecular weight is 435 g/mol. The Hall–Kier alpha value is -1.60. The summed E-state index contributed by atoms with van der Waals surface area (Å²) in [5, 5.41) is 12.5. The number of nitrogens with zero attached hydrogens (tertiary/aromatic N) is 3. The summed E-state index contributed by atoms with van der Waals surface area (Å²) in [5.74, 6) is 1.74. The predicted molar refractivity (Wildman–Crippen MR) is 110 cm³/mol. The number of anilines is 1. The minimum atomic E-state index is -0.0609. The molecule has 5 nitrogen and oxygen atoms in total. The Balaban J connectivity index is 1.65. The summed E-state index contributed by atoms with van der Waals surface area (Å²) >= 11 is 4.86. The van der Waals surface area contributed by atoms with Gasteiger partial charge in [-0.15, -0.1) is 16.8 Å². The van der Waals surface area contributed by atoms with Gasteiger partial charge < -0.3 is 9.88 Å². The van der Waals surface area contributed by atoms with Crippen LogP contribution in [0, 0.1) is 0 Å². The van der Waals surface area contributed by atoms with Crippen molar-refractivity contribution in [3.05, 3.63) is 47.2 Å². The number of benzene rings is 1. The molecular weight excluding hydrogens is 412 g/mol. The molecule has 0 atom stereocenters. The Morgan fingerprint density at radius 1 is 1.31 bits per heavy atom. The van der Waals surface area contributed by atoms with E-state index in [4.69, 9.17) is 0 Å². The number of para-hydroxylation sites is 1. The number of aromatic nitrogens is 3. The summed E-state index contributed by atoms with van der Waals surface area (Å²) in [5.41, 5.74) is 0.772. The van der Waals surface area contributed by atoms with Crippen LogP contribution in [0.4, 0.5) is 5.69 Å². The molecular formula is C19H23BrN4OS. The van der Waals surface area contributed by atoms with Crippen molar-refractivity contribution in [1.29, 1.82) is 0 Å². The van der Waals surface area contributed by atoms with Gasteiger partial charge in [0.2, 0.25) is 5.91 Å². The third-order valence-corrected chi connectivity index (χ3v) is 6.17. The van der Waals surface area contributed by atoms with Crippen LogP contribution in [0.5, 0.6) is 0 Å². The lowest BCUT2D eigenvalue weighted by molar-refractivity contribution is -0.113. The van der Waals surface area contributed by atoms with E-state index >= 15 is 0 Å². The van der Waals surface area contributed by atoms with E-state index in [9.17, 15) is 4.79 Å². The minimum Gasteiger partial charge on any atom is -0.324 e. The summed E-state index contributed by atoms with van der Waals surface area (Å²) in [7, 11) is 0. The molecule has 138 valence electrons. The van der Waals surface area contributed by atoms with Gasteiger partial charge in [-0.05, 0) is 40.9 Å². The van der Waals surface area contributed by atoms with Crippen molar-refractivity contribution >= 4 is 39.3 Å². The Labute approximate surface area is 166 Å². The molecule has 7 heteroatoms. The van der Waals surface area contributed by atoms with Gasteiger partial charge in [0, 0.05) is 16.9 Å². The molecule has 0 spiro atoms. The number of carbonyl (C=O) groups is 1. The Bertz CT molecular complexity index is 771. The van der Waals surface area contributed by atoms with E-state index in [0.29, 0.717) is 18.2 Å². The van der Waals surface area contributed by atoms with Gasteiger partial charge in [-0.3, -0.25) is 4.79 Å². The molecule has 1 aliphatic rings. The van der Waals surface area contributed by atoms with Gasteiger partial charge >= 0.3 is 0 Å². The van der Waals surface area contributed by atoms with E-state index in [0.717, 1.165) is 21.1 Å². The largest absolute Gasteiger partial charge is 0.324 e. The first kappa shape index (κ1) is 19.2. The highest BCUT2D eigenvalue weighted by atomic mass is 79.9. The molecule has 1 aromatic heterocycles. The van der Waals surface area contributed by atoms with Crippen molar-refractivity contribution in [3.63, 3.8) is 0 Å². The lowest BCUT2D eigenvalue weighted by Gasteiger charge is -2.21. The first-order chi connectivity index (χ1) is 12.7. The maximum Gasteiger partial charge on any atom is 0.234 e. The molecule has 1 aromatic carbocycles. The number of rotatable bonds is 7. The molecule has 0 unspecified atom stereocenters. The number of hydrogen-bond donors (Lipinski definition) is 1. The maximum atomic E-state index is 12.3. The van der Waals surface area contributed by atoms with Crippen LogP contribution in [0.25, 0.3) is 0 Å². The molecule has 1 amide bonds. The van der Waals surface area contributed by atoms with Gasteiger partial charge in [0.15, 0.2) is 5.16 Å². The van der Waals surface area contributed by atoms with Gasteiger partial charge in [-0.2, -0.15) is 0 Å². The van der Waals surface area contributed by atoms with Gasteiger partial charge in [0.1, 0.15) is 5.82 Å². The molecule has 0 saturated heterocycles. The van der Waals surface area contributed by atoms with Crippen LogP contribution in [-0.4, -0.2) is 26.4 Å². The minimum absolute atomic E-state index is 0.0609. The van der Waals surface area contributed by atoms with Gasteiger partial charge in [0.05, 0.1) is 11.4 Å². The highest BCUT2D eigenvalue weighted by Crippen LogP contribution is 2.33. The summed E-state index contributed by atoms with van der Waals surface area (Å²) in [6.07, 6.45) is 8.01. The fourth-order valence-electron chi connectivity index (χ4n) is 3.25. The SMILES string of the molecule is C=CCn1c(SCC(=O)Nc2ccccc2Br)nnc1C1CCCCC1. The van der Waals surface area contributed by atoms with Crippen molar-refractivity contribution in [2.75, 3.05) is 11.1 Å². The number of halogens is 1. The van der Waals surface area contributed by atoms with Crippen molar-refractivity contribution in [2.45, 2.75) is 49.7 Å². The highest BCUT2D eigenvalue weighted by molar-refractivity contribution is 9.10. The van der Waals surface area contributed by atoms with Crippen LogP contribution in [0.3, 0.4) is 0 Å². The average Bonchev–Trinajstić information content (AvgIpc) is 3.06. The van der Waals surface area contributed by atoms with Crippen LogP contribution in [0.1, 0.15) is 43.8 Å². The quantitative estimate of drug-likeness (QED) is 0.491. The molecule has 26 heavy (non-hydrogen) atoms. The third-order valence-electron chi connectivity index (χ3n) is 4.51. The number of hydrogen-bond acceptors (Lipinski definition) is 4. The van der Waals surface area contributed by atoms with Crippen molar-refractivity contribution in [2.24, 2.45) is 0 Å². The molecule has 1 saturated carbocycles. The van der Waals surface area contributed by atoms with Gasteiger partial charge in [-0.1, -0.05) is 49.2 Å². The van der Waals surface area contributed by atoms with Crippen molar-refractivity contribution in [1.82, 2.24) is 14.8 Å². The number of allylic oxidation sites excluding steroid dienone is 1. The topological polar surface area (TPSA) is 59.8 Å². The standard InChI is InChI=1S/C19H23BrN4OS/c1-2-12-24-18(14-8-4-3-5-9-14)22-23-19(24)26-13-17(25)21-16-11-7-6-10-15(16)20/h2,6-7,10-11,14H,1,3-5,8-9,12-13H2,(H,21,25). The van der Waals surface area contributed by atoms with Gasteiger partial charge in [0.25, 0.3) is 0 Å². The lowest BCUT2D eigenvalue weighted by Crippen LogP contribution is -2.15. The highest BCUT2D eigenvalue weighted by Gasteiger charge is 2.23. The van der Waals surface area contributed by atoms with Crippen LogP contribution >= 0.6 is 27.7 Å². The number of thioether (sulfide) groups is 1. The zero-order valence-electron chi connectivity index (χ0n) is 14.7. The zero-order chi connectivity index (χ0) is 18.4. The summed E-state index contributed by atoms with van der Waals surface area (Å²) in [6.45, 7) is 4.53. The molecule has 0 aliphatic heterocycles. The molecule has 0 bridgehead atoms. The Kier molecular flexibility index (Phi) is 6.91. The fourth-order valence-corrected chi connectivity index (χ4v) is 4.39. The maximum absolute atomic E-state index is 12.3. The molecule has 3 rings (SSSR count). The smallest absolute Gasteiger partial charge is 0.234 e. The normalized spacial score (nSPS) is 15.0. The van der Waals surface area contributed by atoms with E-state index in [-0.39, 0.29) is 5.91 Å². The summed E-state index contributed by atoms with van der Waals surface area (Å²) in [6, 6.07) is 7.58. The van der Waals surface area contributed by atoms with E-state index in [1.54, 1.807) is 0 Å². The third kappa shape index (κ3) is 4.76. The Morgan fingerprint density at radius 2 is 2.08 bits per heavy atom. The summed E-state index contributed by atoms with van der Waals surface area (Å²) < 4.78 is 2.98. The molecule has 0 radical (unpaired) electrons. The molecule has 2 aromatic rings. The Morgan fingerprint density at radius 3 is 2.81 bits per heavy atom. The predicted octanol–water partition coefficient (Wildman–Crippen LogP) is 5.01. The number of carbonyl (C=O) groups excluding carboxylic acids is 1. The zero-order valence-corrected chi connectivity index (χ0v) is 17.1. The van der Waals surface area contributed by atoms with E-state index in [2.05, 4.69) is 42.6 Å². The van der Waals surface area contributed by atoms with E-state index in [1.807, 2.05) is 30.3 Å². The lowest BCUT2D eigenvalue weighted by atomic mass is 9.89. The first-order valence-corrected chi connectivity index (χ1v) is 10.7. The molecule has 1 fully saturated rings. The van der Waals surface area contributed by atoms with E-state index in [1.165, 1.54) is 43.9 Å². The first-order valence-electron chi connectivity index (χ1n) is 8.90. The number of amides is 1. The van der Waals surface area contributed by atoms with Crippen LogP contribution in [0.2, 0.25) is 0 Å². The molecule has 1 N–H and O–H groups in total. The second-order valence-corrected chi connectivity index (χ2v) is 8.19. The van der Waals surface area contributed by atoms with Crippen LogP contribution < -0.4 is 5.32 Å². The second kappa shape index (κ2) is 9.37. The van der Waals surface area contributed by atoms with Crippen LogP contribution in [-0.2, 0) is 11.3 Å². The molecule has 1 heterocycles. The van der Waals surface area contributed by atoms with Crippen molar-refractivity contribution in [3.8, 4) is 0 Å².